The van der Waals surface area contributed by atoms with Crippen molar-refractivity contribution >= 4 is 11.8 Å². The van der Waals surface area contributed by atoms with E-state index in [0.29, 0.717) is 23.3 Å². The highest BCUT2D eigenvalue weighted by atomic mass is 16.7. The number of methoxy groups -OCH3 is 1. The first-order chi connectivity index (χ1) is 24.6. The van der Waals surface area contributed by atoms with Gasteiger partial charge in [-0.05, 0) is 88.8 Å². The van der Waals surface area contributed by atoms with Crippen molar-refractivity contribution < 1.29 is 29.4 Å². The highest BCUT2D eigenvalue weighted by molar-refractivity contribution is 5.96. The number of hydrogen-bond donors (Lipinski definition) is 4. The third-order valence-electron chi connectivity index (χ3n) is 12.0. The summed E-state index contributed by atoms with van der Waals surface area (Å²) in [5.41, 5.74) is 2.59. The highest BCUT2D eigenvalue weighted by Crippen LogP contribution is 2.41. The Kier molecular flexibility index (Phi) is 15.0. The van der Waals surface area contributed by atoms with Crippen LogP contribution in [0.3, 0.4) is 0 Å². The molecule has 294 valence electrons. The second-order valence-electron chi connectivity index (χ2n) is 17.0. The third-order valence-corrected chi connectivity index (χ3v) is 12.0. The topological polar surface area (TPSA) is 127 Å². The summed E-state index contributed by atoms with van der Waals surface area (Å²) in [6.45, 7) is 13.3. The predicted octanol–water partition coefficient (Wildman–Crippen LogP) is 4.11. The van der Waals surface area contributed by atoms with Crippen LogP contribution < -0.4 is 10.6 Å². The van der Waals surface area contributed by atoms with Crippen molar-refractivity contribution in [1.82, 2.24) is 25.5 Å². The molecule has 2 fully saturated rings. The molecule has 2 unspecified atom stereocenters. The van der Waals surface area contributed by atoms with Crippen LogP contribution in [0.4, 0.5) is 0 Å². The first kappa shape index (κ1) is 42.0. The van der Waals surface area contributed by atoms with Gasteiger partial charge >= 0.3 is 0 Å². The van der Waals surface area contributed by atoms with E-state index in [4.69, 9.17) is 9.57 Å². The van der Waals surface area contributed by atoms with Crippen molar-refractivity contribution in [2.45, 2.75) is 104 Å². The summed E-state index contributed by atoms with van der Waals surface area (Å²) in [7, 11) is 9.73. The van der Waals surface area contributed by atoms with Crippen molar-refractivity contribution in [3.8, 4) is 0 Å². The van der Waals surface area contributed by atoms with Gasteiger partial charge in [-0.25, -0.2) is 0 Å². The Morgan fingerprint density at radius 1 is 1.12 bits per heavy atom. The van der Waals surface area contributed by atoms with Gasteiger partial charge in [0.05, 0.1) is 26.4 Å². The molecule has 1 heterocycles. The molecule has 1 saturated carbocycles. The zero-order valence-corrected chi connectivity index (χ0v) is 33.8. The number of aliphatic hydroxyl groups excluding tert-OH is 2. The lowest BCUT2D eigenvalue weighted by molar-refractivity contribution is -0.172. The van der Waals surface area contributed by atoms with E-state index in [9.17, 15) is 19.8 Å². The lowest BCUT2D eigenvalue weighted by Gasteiger charge is -2.38. The fraction of sp³-hybridized carbons (Fsp3) is 0.756. The van der Waals surface area contributed by atoms with Crippen LogP contribution in [0.25, 0.3) is 0 Å². The van der Waals surface area contributed by atoms with Crippen LogP contribution in [-0.2, 0) is 19.2 Å². The second kappa shape index (κ2) is 18.6. The minimum absolute atomic E-state index is 0.00964. The Hall–Kier alpha value is -2.70. The van der Waals surface area contributed by atoms with E-state index in [1.54, 1.807) is 19.1 Å². The maximum atomic E-state index is 14.3. The maximum Gasteiger partial charge on any atom is 0.251 e. The molecule has 11 nitrogen and oxygen atoms in total. The molecule has 0 aromatic rings. The first-order valence-corrected chi connectivity index (χ1v) is 19.6. The van der Waals surface area contributed by atoms with Gasteiger partial charge in [0.25, 0.3) is 5.91 Å². The van der Waals surface area contributed by atoms with E-state index < -0.39 is 24.2 Å². The van der Waals surface area contributed by atoms with Crippen molar-refractivity contribution in [2.24, 2.45) is 41.4 Å². The van der Waals surface area contributed by atoms with Gasteiger partial charge in [-0.15, -0.1) is 0 Å². The predicted molar refractivity (Wildman–Crippen MR) is 205 cm³/mol. The normalized spacial score (nSPS) is 31.1. The van der Waals surface area contributed by atoms with E-state index in [1.807, 2.05) is 40.3 Å². The molecule has 0 bridgehead atoms. The van der Waals surface area contributed by atoms with E-state index >= 15 is 0 Å². The third kappa shape index (κ3) is 10.1. The van der Waals surface area contributed by atoms with Crippen LogP contribution in [0.1, 0.15) is 73.6 Å². The number of nitrogens with zero attached hydrogens (tertiary/aromatic N) is 3. The number of rotatable bonds is 15. The van der Waals surface area contributed by atoms with Crippen molar-refractivity contribution in [3.63, 3.8) is 0 Å². The van der Waals surface area contributed by atoms with Crippen LogP contribution in [0.15, 0.2) is 46.9 Å². The number of amides is 2. The Morgan fingerprint density at radius 3 is 2.40 bits per heavy atom. The zero-order chi connectivity index (χ0) is 38.4. The molecular weight excluding hydrogens is 658 g/mol. The number of likely N-dealkylation sites (N-methyl/N-ethyl adjacent to an activating group) is 1. The summed E-state index contributed by atoms with van der Waals surface area (Å²) in [5.74, 6) is 1.57. The van der Waals surface area contributed by atoms with Crippen LogP contribution in [0.5, 0.6) is 0 Å². The van der Waals surface area contributed by atoms with E-state index in [1.165, 1.54) is 0 Å². The van der Waals surface area contributed by atoms with Gasteiger partial charge in [-0.3, -0.25) is 14.4 Å². The minimum atomic E-state index is -0.878. The molecule has 4 aliphatic rings. The van der Waals surface area contributed by atoms with E-state index in [2.05, 4.69) is 67.2 Å². The SMILES string of the molecule is COC1=C(CN2O[C@@H](CO)[C@@H]([C@H](C)O)[C@H]2C(=O)N[C@H]2C[C@H](C(C)C)CC[C@@H]2C)C=CCC1C1C=C(C(=O)N[C@H](CN(C)C)C(C)C)C=C(N(C)C)C1. The largest absolute Gasteiger partial charge is 0.500 e. The molecule has 1 aliphatic heterocycles. The van der Waals surface area contributed by atoms with Crippen LogP contribution in [0.2, 0.25) is 0 Å². The first-order valence-electron chi connectivity index (χ1n) is 19.6. The fourth-order valence-electron chi connectivity index (χ4n) is 8.64. The van der Waals surface area contributed by atoms with Gasteiger partial charge in [-0.2, -0.15) is 5.06 Å². The molecule has 3 aliphatic carbocycles. The van der Waals surface area contributed by atoms with Gasteiger partial charge in [0, 0.05) is 61.4 Å². The summed E-state index contributed by atoms with van der Waals surface area (Å²) in [6.07, 6.45) is 11.3. The number of allylic oxidation sites excluding steroid dienone is 4. The molecule has 10 atom stereocenters. The number of nitrogens with one attached hydrogen (secondary N) is 2. The highest BCUT2D eigenvalue weighted by Gasteiger charge is 2.50. The Balaban J connectivity index is 1.62. The summed E-state index contributed by atoms with van der Waals surface area (Å²) in [4.78, 5) is 38.5. The van der Waals surface area contributed by atoms with E-state index in [-0.39, 0.29) is 54.8 Å². The van der Waals surface area contributed by atoms with Gasteiger partial charge in [-0.1, -0.05) is 52.8 Å². The average Bonchev–Trinajstić information content (AvgIpc) is 3.46. The van der Waals surface area contributed by atoms with Gasteiger partial charge in [0.2, 0.25) is 5.91 Å². The number of ether oxygens (including phenoxy) is 1. The molecule has 4 rings (SSSR count). The van der Waals surface area contributed by atoms with Gasteiger partial charge in [0.15, 0.2) is 0 Å². The number of hydroxylamine groups is 2. The molecular formula is C41H69N5O6. The van der Waals surface area contributed by atoms with Crippen LogP contribution in [0, 0.1) is 41.4 Å². The fourth-order valence-corrected chi connectivity index (χ4v) is 8.64. The lowest BCUT2D eigenvalue weighted by atomic mass is 9.74. The average molecular weight is 728 g/mol. The smallest absolute Gasteiger partial charge is 0.251 e. The standard InChI is InChI=1S/C41H69N5O6/c1-24(2)28-16-15-26(5)34(20-28)42-41(50)38-37(27(6)48)36(23-47)52-46(38)21-29-13-12-14-33(39(29)51-11)30-17-31(19-32(18-30)45(9)10)40(49)43-35(25(3)4)22-44(7)8/h12-13,17,19,24-28,30,33-38,47-48H,14-16,18,20-23H2,1-11H3,(H,42,50)(H,43,49)/t26-,27-,28+,30?,33?,34-,35+,36-,37+,38-/m0/s1. The molecule has 11 heteroatoms. The molecule has 1 saturated heterocycles. The number of aliphatic hydroxyl groups is 2. The molecule has 4 N–H and O–H groups in total. The quantitative estimate of drug-likeness (QED) is 0.197. The molecule has 0 aromatic heterocycles. The number of hydrogen-bond acceptors (Lipinski definition) is 9. The molecule has 52 heavy (non-hydrogen) atoms. The van der Waals surface area contributed by atoms with Crippen molar-refractivity contribution in [1.29, 1.82) is 0 Å². The minimum Gasteiger partial charge on any atom is -0.500 e. The second-order valence-corrected chi connectivity index (χ2v) is 17.0. The van der Waals surface area contributed by atoms with Crippen molar-refractivity contribution in [3.05, 3.63) is 46.9 Å². The van der Waals surface area contributed by atoms with E-state index in [0.717, 1.165) is 55.7 Å². The maximum absolute atomic E-state index is 14.3. The molecule has 2 amide bonds. The zero-order valence-electron chi connectivity index (χ0n) is 33.8. The molecule has 0 aromatic carbocycles. The molecule has 0 radical (unpaired) electrons. The summed E-state index contributed by atoms with van der Waals surface area (Å²) >= 11 is 0. The summed E-state index contributed by atoms with van der Waals surface area (Å²) in [5, 5.41) is 29.6. The monoisotopic (exact) mass is 728 g/mol. The van der Waals surface area contributed by atoms with Gasteiger partial charge < -0.3 is 35.4 Å². The summed E-state index contributed by atoms with van der Waals surface area (Å²) < 4.78 is 6.18. The van der Waals surface area contributed by atoms with Gasteiger partial charge in [0.1, 0.15) is 17.9 Å². The Bertz CT molecular complexity index is 1350. The number of carbonyl (C=O) groups is 2. The summed E-state index contributed by atoms with van der Waals surface area (Å²) in [6, 6.07) is -0.754. The Morgan fingerprint density at radius 2 is 1.83 bits per heavy atom. The lowest BCUT2D eigenvalue weighted by Crippen LogP contribution is -2.54. The number of carbonyl (C=O) groups excluding carboxylic acids is 2. The van der Waals surface area contributed by atoms with Crippen LogP contribution in [-0.4, -0.2) is 122 Å². The van der Waals surface area contributed by atoms with Crippen molar-refractivity contribution in [2.75, 3.05) is 55.0 Å². The van der Waals surface area contributed by atoms with Crippen LogP contribution >= 0.6 is 0 Å². The molecule has 0 spiro atoms. The Labute approximate surface area is 313 Å².